The second kappa shape index (κ2) is 8.16. The van der Waals surface area contributed by atoms with E-state index in [2.05, 4.69) is 0 Å². The van der Waals surface area contributed by atoms with Gasteiger partial charge >= 0.3 is 13.1 Å². The van der Waals surface area contributed by atoms with Crippen LogP contribution in [0, 0.1) is 5.82 Å². The number of carbonyl (C=O) groups excluding carboxylic acids is 1. The number of hydrogen-bond donors (Lipinski definition) is 1. The Bertz CT molecular complexity index is 759. The summed E-state index contributed by atoms with van der Waals surface area (Å²) in [5, 5.41) is 8.77. The fraction of sp³-hybridized carbons (Fsp3) is 0.474. The van der Waals surface area contributed by atoms with E-state index in [1.807, 2.05) is 27.7 Å². The number of benzene rings is 1. The van der Waals surface area contributed by atoms with Gasteiger partial charge in [0.15, 0.2) is 5.12 Å². The van der Waals surface area contributed by atoms with E-state index < -0.39 is 30.1 Å². The molecule has 1 aromatic carbocycles. The predicted octanol–water partition coefficient (Wildman–Crippen LogP) is 3.75. The zero-order valence-corrected chi connectivity index (χ0v) is 17.0. The molecule has 1 fully saturated rings. The van der Waals surface area contributed by atoms with E-state index in [-0.39, 0.29) is 17.1 Å². The number of carboxylic acids is 1. The predicted molar refractivity (Wildman–Crippen MR) is 105 cm³/mol. The van der Waals surface area contributed by atoms with Gasteiger partial charge < -0.3 is 14.4 Å². The van der Waals surface area contributed by atoms with Crippen LogP contribution in [0.2, 0.25) is 0 Å². The number of carboxylic acid groups (broad SMARTS) is 1. The summed E-state index contributed by atoms with van der Waals surface area (Å²) in [6.45, 7) is 9.15. The summed E-state index contributed by atoms with van der Waals surface area (Å²) in [4.78, 5) is 22.2. The maximum atomic E-state index is 14.5. The molecule has 1 aliphatic rings. The van der Waals surface area contributed by atoms with Gasteiger partial charge in [-0.05, 0) is 44.8 Å². The van der Waals surface area contributed by atoms with Gasteiger partial charge in [0, 0.05) is 18.2 Å². The van der Waals surface area contributed by atoms with Gasteiger partial charge in [-0.2, -0.15) is 0 Å². The second-order valence-corrected chi connectivity index (χ2v) is 8.67. The van der Waals surface area contributed by atoms with Crippen molar-refractivity contribution in [2.24, 2.45) is 0 Å². The molecule has 1 aromatic rings. The first kappa shape index (κ1) is 21.7. The van der Waals surface area contributed by atoms with Crippen LogP contribution in [0.4, 0.5) is 4.39 Å². The Morgan fingerprint density at radius 3 is 2.30 bits per heavy atom. The van der Waals surface area contributed by atoms with Crippen LogP contribution in [0.3, 0.4) is 0 Å². The number of thioether (sulfide) groups is 1. The maximum absolute atomic E-state index is 14.5. The highest BCUT2D eigenvalue weighted by atomic mass is 32.2. The summed E-state index contributed by atoms with van der Waals surface area (Å²) < 4.78 is 26.5. The number of aliphatic carboxylic acids is 1. The molecule has 0 atom stereocenters. The largest absolute Gasteiger partial charge is 0.491 e. The molecule has 5 nitrogen and oxygen atoms in total. The second-order valence-electron chi connectivity index (χ2n) is 7.51. The first-order valence-electron chi connectivity index (χ1n) is 8.61. The Labute approximate surface area is 163 Å². The molecule has 1 saturated heterocycles. The van der Waals surface area contributed by atoms with Gasteiger partial charge in [-0.1, -0.05) is 30.0 Å². The van der Waals surface area contributed by atoms with Crippen LogP contribution in [0.5, 0.6) is 0 Å². The summed E-state index contributed by atoms with van der Waals surface area (Å²) in [5.74, 6) is -1.24. The van der Waals surface area contributed by atoms with Gasteiger partial charge in [0.05, 0.1) is 17.6 Å². The summed E-state index contributed by atoms with van der Waals surface area (Å²) in [6, 6.07) is 4.31. The monoisotopic (exact) mass is 394 g/mol. The van der Waals surface area contributed by atoms with Crippen LogP contribution in [0.1, 0.15) is 45.7 Å². The van der Waals surface area contributed by atoms with Crippen LogP contribution in [-0.4, -0.2) is 40.3 Å². The van der Waals surface area contributed by atoms with E-state index >= 15 is 0 Å². The topological polar surface area (TPSA) is 72.8 Å². The zero-order chi connectivity index (χ0) is 20.4. The van der Waals surface area contributed by atoms with E-state index in [0.717, 1.165) is 11.8 Å². The van der Waals surface area contributed by atoms with E-state index in [1.165, 1.54) is 19.1 Å². The quantitative estimate of drug-likeness (QED) is 0.741. The fourth-order valence-corrected chi connectivity index (χ4v) is 3.12. The van der Waals surface area contributed by atoms with Crippen LogP contribution < -0.4 is 0 Å². The lowest BCUT2D eigenvalue weighted by Gasteiger charge is -2.32. The van der Waals surface area contributed by atoms with Gasteiger partial charge in [0.2, 0.25) is 0 Å². The summed E-state index contributed by atoms with van der Waals surface area (Å²) >= 11 is 1.10. The lowest BCUT2D eigenvalue weighted by molar-refractivity contribution is -0.136. The lowest BCUT2D eigenvalue weighted by atomic mass is 9.78. The van der Waals surface area contributed by atoms with Crippen molar-refractivity contribution in [1.29, 1.82) is 0 Å². The molecular weight excluding hydrogens is 370 g/mol. The Balaban J connectivity index is 2.34. The van der Waals surface area contributed by atoms with E-state index in [4.69, 9.17) is 14.4 Å². The molecule has 0 unspecified atom stereocenters. The first-order valence-corrected chi connectivity index (χ1v) is 9.59. The van der Waals surface area contributed by atoms with Crippen molar-refractivity contribution in [3.8, 4) is 0 Å². The van der Waals surface area contributed by atoms with Crippen molar-refractivity contribution >= 4 is 36.0 Å². The number of rotatable bonds is 6. The summed E-state index contributed by atoms with van der Waals surface area (Å²) in [5.41, 5.74) is 0.201. The Hall–Kier alpha value is -1.64. The highest BCUT2D eigenvalue weighted by Crippen LogP contribution is 2.39. The van der Waals surface area contributed by atoms with Crippen molar-refractivity contribution in [1.82, 2.24) is 0 Å². The van der Waals surface area contributed by atoms with E-state index in [1.54, 1.807) is 12.1 Å². The number of hydrogen-bond acceptors (Lipinski definition) is 5. The molecule has 0 saturated carbocycles. The van der Waals surface area contributed by atoms with Crippen molar-refractivity contribution in [2.45, 2.75) is 52.2 Å². The molecule has 0 spiro atoms. The standard InChI is InChI=1S/C19H24BFO5S/c1-12(22)27-11-15(20-25-18(2,3)19(4,5)26-20)10-14-7-6-13(8-16(14)21)9-17(23)24/h6-8,10H,9,11H2,1-5H3,(H,23,24). The molecule has 1 aliphatic heterocycles. The minimum absolute atomic E-state index is 0.0605. The van der Waals surface area contributed by atoms with Gasteiger partial charge in [0.1, 0.15) is 5.82 Å². The van der Waals surface area contributed by atoms with Gasteiger partial charge in [-0.3, -0.25) is 9.59 Å². The summed E-state index contributed by atoms with van der Waals surface area (Å²) in [6.07, 6.45) is 1.36. The molecule has 1 heterocycles. The minimum atomic E-state index is -1.02. The van der Waals surface area contributed by atoms with Crippen molar-refractivity contribution in [3.63, 3.8) is 0 Å². The SMILES string of the molecule is CC(=O)SCC(=Cc1ccc(CC(=O)O)cc1F)B1OC(C)(C)C(C)(C)O1. The van der Waals surface area contributed by atoms with Crippen molar-refractivity contribution in [2.75, 3.05) is 5.75 Å². The minimum Gasteiger partial charge on any atom is -0.481 e. The fourth-order valence-electron chi connectivity index (χ4n) is 2.53. The number of halogens is 1. The van der Waals surface area contributed by atoms with Crippen molar-refractivity contribution in [3.05, 3.63) is 40.6 Å². The third-order valence-electron chi connectivity index (χ3n) is 4.76. The molecule has 0 aromatic heterocycles. The normalized spacial score (nSPS) is 18.6. The Morgan fingerprint density at radius 1 is 1.22 bits per heavy atom. The molecule has 0 aliphatic carbocycles. The highest BCUT2D eigenvalue weighted by molar-refractivity contribution is 8.13. The average Bonchev–Trinajstić information content (AvgIpc) is 2.72. The van der Waals surface area contributed by atoms with Crippen LogP contribution in [-0.2, 0) is 25.3 Å². The number of carbonyl (C=O) groups is 2. The van der Waals surface area contributed by atoms with Gasteiger partial charge in [-0.15, -0.1) is 0 Å². The molecule has 0 radical (unpaired) electrons. The van der Waals surface area contributed by atoms with Crippen LogP contribution >= 0.6 is 11.8 Å². The van der Waals surface area contributed by atoms with Crippen LogP contribution in [0.25, 0.3) is 6.08 Å². The van der Waals surface area contributed by atoms with E-state index in [9.17, 15) is 14.0 Å². The molecule has 8 heteroatoms. The zero-order valence-electron chi connectivity index (χ0n) is 16.2. The molecule has 0 bridgehead atoms. The van der Waals surface area contributed by atoms with Crippen LogP contribution in [0.15, 0.2) is 23.7 Å². The Kier molecular flexibility index (Phi) is 6.55. The molecule has 2 rings (SSSR count). The first-order chi connectivity index (χ1) is 12.4. The third kappa shape index (κ3) is 5.43. The molecule has 27 heavy (non-hydrogen) atoms. The third-order valence-corrected chi connectivity index (χ3v) is 5.64. The molecule has 146 valence electrons. The highest BCUT2D eigenvalue weighted by Gasteiger charge is 2.52. The molecule has 0 amide bonds. The lowest BCUT2D eigenvalue weighted by Crippen LogP contribution is -2.41. The van der Waals surface area contributed by atoms with Gasteiger partial charge in [-0.25, -0.2) is 4.39 Å². The smallest absolute Gasteiger partial charge is 0.481 e. The molecular formula is C19H24BFO5S. The average molecular weight is 394 g/mol. The van der Waals surface area contributed by atoms with Gasteiger partial charge in [0.25, 0.3) is 0 Å². The Morgan fingerprint density at radius 2 is 1.81 bits per heavy atom. The maximum Gasteiger partial charge on any atom is 0.491 e. The summed E-state index contributed by atoms with van der Waals surface area (Å²) in [7, 11) is -0.694. The molecule has 1 N–H and O–H groups in total. The van der Waals surface area contributed by atoms with Crippen molar-refractivity contribution < 1.29 is 28.4 Å². The van der Waals surface area contributed by atoms with E-state index in [0.29, 0.717) is 16.8 Å².